The van der Waals surface area contributed by atoms with Crippen LogP contribution in [0, 0.1) is 5.92 Å². The lowest BCUT2D eigenvalue weighted by Crippen LogP contribution is -2.54. The first-order chi connectivity index (χ1) is 10.3. The first-order valence-corrected chi connectivity index (χ1v) is 10.0. The molecular weight excluding hydrogens is 348 g/mol. The number of hydrogen-bond acceptors (Lipinski definition) is 4. The lowest BCUT2D eigenvalue weighted by Gasteiger charge is -2.41. The molecule has 0 aliphatic carbocycles. The molecular formula is C12H23NO8P2. The number of hydrogen-bond donors (Lipinski definition) is 5. The average Bonchev–Trinajstić information content (AvgIpc) is 2.36. The van der Waals surface area contributed by atoms with E-state index >= 15 is 0 Å². The summed E-state index contributed by atoms with van der Waals surface area (Å²) in [6, 6.07) is -1.55. The second-order valence-corrected chi connectivity index (χ2v) is 8.51. The van der Waals surface area contributed by atoms with Crippen molar-refractivity contribution in [2.45, 2.75) is 37.9 Å². The molecule has 0 spiro atoms. The summed E-state index contributed by atoms with van der Waals surface area (Å²) in [7, 11) is -9.92. The summed E-state index contributed by atoms with van der Waals surface area (Å²) in [4.78, 5) is 50.1. The summed E-state index contributed by atoms with van der Waals surface area (Å²) >= 11 is 0. The molecule has 134 valence electrons. The molecule has 0 saturated heterocycles. The van der Waals surface area contributed by atoms with Gasteiger partial charge in [0.15, 0.2) is 0 Å². The van der Waals surface area contributed by atoms with E-state index in [1.165, 1.54) is 6.92 Å². The van der Waals surface area contributed by atoms with E-state index in [4.69, 9.17) is 0 Å². The van der Waals surface area contributed by atoms with Gasteiger partial charge in [-0.15, -0.1) is 13.2 Å². The van der Waals surface area contributed by atoms with Crippen molar-refractivity contribution in [2.24, 2.45) is 5.92 Å². The zero-order chi connectivity index (χ0) is 18.6. The van der Waals surface area contributed by atoms with Crippen LogP contribution < -0.4 is 0 Å². The van der Waals surface area contributed by atoms with Crippen LogP contribution in [0.5, 0.6) is 0 Å². The zero-order valence-electron chi connectivity index (χ0n) is 12.9. The van der Waals surface area contributed by atoms with Gasteiger partial charge in [-0.2, -0.15) is 0 Å². The standard InChI is InChI=1S/C12H23NO8P2/c1-5-8(4)11(12(14)15)13(9(6-2)22(16,17)18)10(7-3)23(19,20)21/h6-11H,2-3,5H2,1,4H3,(H,14,15)(H2,16,17,18)(H2,19,20,21). The largest absolute Gasteiger partial charge is 0.480 e. The predicted molar refractivity (Wildman–Crippen MR) is 84.8 cm³/mol. The Morgan fingerprint density at radius 1 is 1.09 bits per heavy atom. The maximum atomic E-state index is 11.7. The summed E-state index contributed by atoms with van der Waals surface area (Å²) < 4.78 is 23.4. The summed E-state index contributed by atoms with van der Waals surface area (Å²) in [5.74, 6) is -5.86. The van der Waals surface area contributed by atoms with E-state index in [-0.39, 0.29) is 0 Å². The Morgan fingerprint density at radius 2 is 1.43 bits per heavy atom. The van der Waals surface area contributed by atoms with Crippen LogP contribution in [0.15, 0.2) is 25.3 Å². The summed E-state index contributed by atoms with van der Waals surface area (Å²) in [6.07, 6.45) is 1.88. The fourth-order valence-electron chi connectivity index (χ4n) is 2.24. The molecule has 9 nitrogen and oxygen atoms in total. The van der Waals surface area contributed by atoms with Crippen LogP contribution in [0.2, 0.25) is 0 Å². The maximum absolute atomic E-state index is 11.7. The van der Waals surface area contributed by atoms with Crippen molar-refractivity contribution < 1.29 is 38.6 Å². The number of nitrogens with zero attached hydrogens (tertiary/aromatic N) is 1. The van der Waals surface area contributed by atoms with Crippen molar-refractivity contribution >= 4 is 21.2 Å². The number of carbonyl (C=O) groups is 1. The highest BCUT2D eigenvalue weighted by Gasteiger charge is 2.48. The highest BCUT2D eigenvalue weighted by Crippen LogP contribution is 2.52. The third-order valence-corrected chi connectivity index (χ3v) is 5.81. The van der Waals surface area contributed by atoms with Crippen molar-refractivity contribution in [1.82, 2.24) is 4.90 Å². The van der Waals surface area contributed by atoms with Gasteiger partial charge in [-0.3, -0.25) is 18.8 Å². The molecule has 0 aromatic carbocycles. The van der Waals surface area contributed by atoms with Crippen LogP contribution in [0.1, 0.15) is 20.3 Å². The molecule has 0 saturated carbocycles. The van der Waals surface area contributed by atoms with Crippen LogP contribution in [0.25, 0.3) is 0 Å². The molecule has 0 fully saturated rings. The normalized spacial score (nSPS) is 18.0. The van der Waals surface area contributed by atoms with Crippen LogP contribution in [-0.2, 0) is 13.9 Å². The number of rotatable bonds is 10. The molecule has 4 unspecified atom stereocenters. The molecule has 0 aliphatic heterocycles. The molecule has 0 aliphatic rings. The van der Waals surface area contributed by atoms with E-state index in [1.807, 2.05) is 0 Å². The SMILES string of the molecule is C=CC(N(C(C(=O)O)C(C)CC)C(C=C)P(=O)(O)O)P(=O)(O)O. The first kappa shape index (κ1) is 22.2. The van der Waals surface area contributed by atoms with Gasteiger partial charge in [0.2, 0.25) is 0 Å². The molecule has 0 bridgehead atoms. The van der Waals surface area contributed by atoms with Gasteiger partial charge in [0.25, 0.3) is 0 Å². The Kier molecular flexibility index (Phi) is 8.06. The molecule has 23 heavy (non-hydrogen) atoms. The van der Waals surface area contributed by atoms with Crippen molar-refractivity contribution in [3.05, 3.63) is 25.3 Å². The summed E-state index contributed by atoms with van der Waals surface area (Å²) in [5.41, 5.74) is 0. The molecule has 0 aromatic heterocycles. The molecule has 0 rings (SSSR count). The Labute approximate surface area is 134 Å². The highest BCUT2D eigenvalue weighted by molar-refractivity contribution is 7.53. The second kappa shape index (κ2) is 8.35. The quantitative estimate of drug-likeness (QED) is 0.281. The van der Waals surface area contributed by atoms with Gasteiger partial charge >= 0.3 is 21.2 Å². The number of carboxylic acid groups (broad SMARTS) is 1. The van der Waals surface area contributed by atoms with Crippen LogP contribution in [-0.4, -0.2) is 53.2 Å². The Bertz CT molecular complexity index is 505. The lowest BCUT2D eigenvalue weighted by atomic mass is 9.97. The van der Waals surface area contributed by atoms with Crippen LogP contribution >= 0.6 is 15.2 Å². The Hall–Kier alpha value is -0.790. The fraction of sp³-hybridized carbons (Fsp3) is 0.583. The molecule has 0 heterocycles. The van der Waals surface area contributed by atoms with E-state index in [0.717, 1.165) is 12.2 Å². The predicted octanol–water partition coefficient (Wildman–Crippen LogP) is 1.17. The van der Waals surface area contributed by atoms with E-state index in [0.29, 0.717) is 11.3 Å². The smallest absolute Gasteiger partial charge is 0.346 e. The highest BCUT2D eigenvalue weighted by atomic mass is 31.2. The van der Waals surface area contributed by atoms with Gasteiger partial charge in [-0.1, -0.05) is 32.4 Å². The summed E-state index contributed by atoms with van der Waals surface area (Å²) in [6.45, 7) is 9.68. The average molecular weight is 371 g/mol. The maximum Gasteiger partial charge on any atom is 0.346 e. The fourth-order valence-corrected chi connectivity index (χ4v) is 4.16. The lowest BCUT2D eigenvalue weighted by molar-refractivity contribution is -0.145. The topological polar surface area (TPSA) is 156 Å². The first-order valence-electron chi connectivity index (χ1n) is 6.68. The van der Waals surface area contributed by atoms with E-state index in [2.05, 4.69) is 13.2 Å². The number of aliphatic carboxylic acids is 1. The van der Waals surface area contributed by atoms with Gasteiger partial charge < -0.3 is 24.7 Å². The van der Waals surface area contributed by atoms with Gasteiger partial charge in [0, 0.05) is 0 Å². The molecule has 0 amide bonds. The third-order valence-electron chi connectivity index (χ3n) is 3.48. The minimum Gasteiger partial charge on any atom is -0.480 e. The van der Waals surface area contributed by atoms with Gasteiger partial charge in [-0.25, -0.2) is 0 Å². The molecule has 11 heteroatoms. The molecule has 4 atom stereocenters. The van der Waals surface area contributed by atoms with E-state index in [1.54, 1.807) is 6.92 Å². The second-order valence-electron chi connectivity index (χ2n) is 5.09. The van der Waals surface area contributed by atoms with Crippen molar-refractivity contribution in [3.63, 3.8) is 0 Å². The Balaban J connectivity index is 6.43. The minimum absolute atomic E-state index is 0.309. The third kappa shape index (κ3) is 5.65. The van der Waals surface area contributed by atoms with E-state index < -0.39 is 44.7 Å². The van der Waals surface area contributed by atoms with Gasteiger partial charge in [0.05, 0.1) is 0 Å². The Morgan fingerprint density at radius 3 is 1.61 bits per heavy atom. The monoisotopic (exact) mass is 371 g/mol. The molecule has 5 N–H and O–H groups in total. The van der Waals surface area contributed by atoms with Crippen molar-refractivity contribution in [3.8, 4) is 0 Å². The molecule has 0 aromatic rings. The van der Waals surface area contributed by atoms with Gasteiger partial charge in [0.1, 0.15) is 17.6 Å². The zero-order valence-corrected chi connectivity index (χ0v) is 14.7. The molecule has 0 radical (unpaired) electrons. The van der Waals surface area contributed by atoms with Crippen molar-refractivity contribution in [1.29, 1.82) is 0 Å². The van der Waals surface area contributed by atoms with Crippen LogP contribution in [0.4, 0.5) is 0 Å². The van der Waals surface area contributed by atoms with Crippen molar-refractivity contribution in [2.75, 3.05) is 0 Å². The van der Waals surface area contributed by atoms with Crippen LogP contribution in [0.3, 0.4) is 0 Å². The number of carboxylic acids is 1. The minimum atomic E-state index is -4.96. The summed E-state index contributed by atoms with van der Waals surface area (Å²) in [5, 5.41) is 9.45. The van der Waals surface area contributed by atoms with E-state index in [9.17, 15) is 38.6 Å². The van der Waals surface area contributed by atoms with Gasteiger partial charge in [-0.05, 0) is 5.92 Å².